The second kappa shape index (κ2) is 10.3. The van der Waals surface area contributed by atoms with Gasteiger partial charge in [-0.2, -0.15) is 15.0 Å². The molecule has 0 unspecified atom stereocenters. The van der Waals surface area contributed by atoms with Gasteiger partial charge in [-0.1, -0.05) is 37.3 Å². The molecular formula is C22H32ClN7O. The molecular weight excluding hydrogens is 414 g/mol. The molecule has 0 amide bonds. The molecule has 2 heterocycles. The van der Waals surface area contributed by atoms with Crippen LogP contribution in [0.4, 0.5) is 23.5 Å². The Bertz CT molecular complexity index is 867. The quantitative estimate of drug-likeness (QED) is 0.570. The van der Waals surface area contributed by atoms with Gasteiger partial charge in [-0.15, -0.1) is 0 Å². The maximum absolute atomic E-state index is 6.27. The average Bonchev–Trinajstić information content (AvgIpc) is 3.04. The third-order valence-electron chi connectivity index (χ3n) is 6.20. The van der Waals surface area contributed by atoms with E-state index in [4.69, 9.17) is 27.1 Å². The van der Waals surface area contributed by atoms with Gasteiger partial charge in [0.15, 0.2) is 0 Å². The summed E-state index contributed by atoms with van der Waals surface area (Å²) in [6.07, 6.45) is 9.63. The summed E-state index contributed by atoms with van der Waals surface area (Å²) >= 11 is 6.27. The summed E-state index contributed by atoms with van der Waals surface area (Å²) in [5, 5.41) is 7.21. The molecule has 0 radical (unpaired) electrons. The van der Waals surface area contributed by atoms with Crippen molar-refractivity contribution in [3.63, 3.8) is 0 Å². The molecule has 0 bridgehead atoms. The average molecular weight is 446 g/mol. The molecule has 9 heteroatoms. The van der Waals surface area contributed by atoms with Crippen LogP contribution in [0, 0.1) is 0 Å². The number of ether oxygens (including phenoxy) is 1. The molecule has 1 aromatic carbocycles. The van der Waals surface area contributed by atoms with Crippen LogP contribution in [-0.2, 0) is 0 Å². The van der Waals surface area contributed by atoms with Gasteiger partial charge in [0.25, 0.3) is 0 Å². The number of nitrogens with one attached hydrogen (secondary N) is 2. The first-order valence-corrected chi connectivity index (χ1v) is 11.6. The number of methoxy groups -OCH3 is 1. The van der Waals surface area contributed by atoms with Crippen molar-refractivity contribution in [1.29, 1.82) is 0 Å². The molecule has 1 aliphatic heterocycles. The fraction of sp³-hybridized carbons (Fsp3) is 0.591. The molecule has 2 aliphatic rings. The molecule has 2 aromatic rings. The Hall–Kier alpha value is -2.32. The van der Waals surface area contributed by atoms with E-state index in [2.05, 4.69) is 25.5 Å². The first kappa shape index (κ1) is 21.9. The van der Waals surface area contributed by atoms with Crippen molar-refractivity contribution in [2.75, 3.05) is 36.1 Å². The summed E-state index contributed by atoms with van der Waals surface area (Å²) in [4.78, 5) is 16.1. The highest BCUT2D eigenvalue weighted by atomic mass is 35.5. The van der Waals surface area contributed by atoms with Crippen LogP contribution < -0.4 is 26.0 Å². The first-order valence-electron chi connectivity index (χ1n) is 11.2. The summed E-state index contributed by atoms with van der Waals surface area (Å²) in [5.74, 6) is 1.94. The van der Waals surface area contributed by atoms with Crippen molar-refractivity contribution >= 4 is 35.1 Å². The third kappa shape index (κ3) is 5.49. The standard InChI is InChI=1S/C22H32ClN7O/c1-31-19-9-8-15(14-18(19)23)26-21-27-20(24)28-22(29-21)30(17-10-12-25-13-11-17)16-6-4-2-3-5-7-16/h8-9,14,16-17,25H,2-7,10-13H2,1H3,(H3,24,26,27,28,29). The lowest BCUT2D eigenvalue weighted by molar-refractivity contribution is 0.378. The fourth-order valence-electron chi connectivity index (χ4n) is 4.67. The molecule has 31 heavy (non-hydrogen) atoms. The number of nitrogen functional groups attached to an aromatic ring is 1. The van der Waals surface area contributed by atoms with Crippen molar-refractivity contribution in [3.8, 4) is 5.75 Å². The highest BCUT2D eigenvalue weighted by molar-refractivity contribution is 6.32. The number of nitrogens with zero attached hydrogens (tertiary/aromatic N) is 4. The van der Waals surface area contributed by atoms with Crippen LogP contribution in [0.1, 0.15) is 51.4 Å². The predicted molar refractivity (Wildman–Crippen MR) is 125 cm³/mol. The lowest BCUT2D eigenvalue weighted by atomic mass is 9.99. The number of piperidine rings is 1. The van der Waals surface area contributed by atoms with Gasteiger partial charge in [-0.25, -0.2) is 0 Å². The lowest BCUT2D eigenvalue weighted by Crippen LogP contribution is -2.49. The lowest BCUT2D eigenvalue weighted by Gasteiger charge is -2.40. The largest absolute Gasteiger partial charge is 0.495 e. The Morgan fingerprint density at radius 2 is 1.74 bits per heavy atom. The van der Waals surface area contributed by atoms with Crippen molar-refractivity contribution in [2.24, 2.45) is 0 Å². The first-order chi connectivity index (χ1) is 15.1. The molecule has 8 nitrogen and oxygen atoms in total. The van der Waals surface area contributed by atoms with E-state index < -0.39 is 0 Å². The monoisotopic (exact) mass is 445 g/mol. The molecule has 0 atom stereocenters. The molecule has 1 aromatic heterocycles. The third-order valence-corrected chi connectivity index (χ3v) is 6.50. The van der Waals surface area contributed by atoms with E-state index in [0.717, 1.165) is 31.6 Å². The van der Waals surface area contributed by atoms with Crippen LogP contribution in [0.15, 0.2) is 18.2 Å². The van der Waals surface area contributed by atoms with Crippen molar-refractivity contribution in [2.45, 2.75) is 63.5 Å². The topological polar surface area (TPSA) is 101 Å². The van der Waals surface area contributed by atoms with Crippen molar-refractivity contribution in [3.05, 3.63) is 23.2 Å². The summed E-state index contributed by atoms with van der Waals surface area (Å²) in [6, 6.07) is 6.32. The molecule has 2 fully saturated rings. The normalized spacial score (nSPS) is 18.4. The Labute approximate surface area is 188 Å². The van der Waals surface area contributed by atoms with Gasteiger partial charge >= 0.3 is 0 Å². The summed E-state index contributed by atoms with van der Waals surface area (Å²) in [7, 11) is 1.59. The van der Waals surface area contributed by atoms with Gasteiger partial charge in [0, 0.05) is 17.8 Å². The minimum absolute atomic E-state index is 0.222. The number of aromatic nitrogens is 3. The minimum Gasteiger partial charge on any atom is -0.495 e. The summed E-state index contributed by atoms with van der Waals surface area (Å²) < 4.78 is 5.23. The number of hydrogen-bond donors (Lipinski definition) is 3. The molecule has 1 saturated heterocycles. The van der Waals surface area contributed by atoms with Gasteiger partial charge in [0.05, 0.1) is 12.1 Å². The maximum atomic E-state index is 6.27. The van der Waals surface area contributed by atoms with E-state index >= 15 is 0 Å². The number of nitrogens with two attached hydrogens (primary N) is 1. The Balaban J connectivity index is 1.63. The number of benzene rings is 1. The van der Waals surface area contributed by atoms with Gasteiger partial charge in [0.2, 0.25) is 17.8 Å². The minimum atomic E-state index is 0.222. The molecule has 0 spiro atoms. The van der Waals surface area contributed by atoms with Gasteiger partial charge in [-0.3, -0.25) is 0 Å². The van der Waals surface area contributed by atoms with Crippen LogP contribution in [0.3, 0.4) is 0 Å². The molecule has 1 saturated carbocycles. The van der Waals surface area contributed by atoms with Crippen LogP contribution in [-0.4, -0.2) is 47.2 Å². The maximum Gasteiger partial charge on any atom is 0.233 e. The number of halogens is 1. The van der Waals surface area contributed by atoms with Crippen LogP contribution >= 0.6 is 11.6 Å². The Morgan fingerprint density at radius 1 is 1.03 bits per heavy atom. The van der Waals surface area contributed by atoms with E-state index in [1.165, 1.54) is 38.5 Å². The highest BCUT2D eigenvalue weighted by Crippen LogP contribution is 2.31. The van der Waals surface area contributed by atoms with Crippen LogP contribution in [0.25, 0.3) is 0 Å². The zero-order valence-corrected chi connectivity index (χ0v) is 18.9. The van der Waals surface area contributed by atoms with Crippen LogP contribution in [0.5, 0.6) is 5.75 Å². The second-order valence-corrected chi connectivity index (χ2v) is 8.73. The van der Waals surface area contributed by atoms with E-state index in [9.17, 15) is 0 Å². The van der Waals surface area contributed by atoms with Crippen molar-refractivity contribution in [1.82, 2.24) is 20.3 Å². The smallest absolute Gasteiger partial charge is 0.233 e. The van der Waals surface area contributed by atoms with E-state index in [1.54, 1.807) is 13.2 Å². The molecule has 1 aliphatic carbocycles. The highest BCUT2D eigenvalue weighted by Gasteiger charge is 2.31. The fourth-order valence-corrected chi connectivity index (χ4v) is 4.93. The summed E-state index contributed by atoms with van der Waals surface area (Å²) in [5.41, 5.74) is 6.90. The summed E-state index contributed by atoms with van der Waals surface area (Å²) in [6.45, 7) is 2.04. The molecule has 4 rings (SSSR count). The van der Waals surface area contributed by atoms with Gasteiger partial charge in [-0.05, 0) is 57.0 Å². The van der Waals surface area contributed by atoms with E-state index in [1.807, 2.05) is 12.1 Å². The molecule has 4 N–H and O–H groups in total. The number of rotatable bonds is 6. The SMILES string of the molecule is COc1ccc(Nc2nc(N)nc(N(C3CCCCCC3)C3CCNCC3)n2)cc1Cl. The van der Waals surface area contributed by atoms with Crippen molar-refractivity contribution < 1.29 is 4.74 Å². The predicted octanol–water partition coefficient (Wildman–Crippen LogP) is 4.14. The zero-order chi connectivity index (χ0) is 21.6. The Kier molecular flexibility index (Phi) is 7.29. The van der Waals surface area contributed by atoms with Crippen LogP contribution in [0.2, 0.25) is 5.02 Å². The number of hydrogen-bond acceptors (Lipinski definition) is 8. The molecule has 168 valence electrons. The van der Waals surface area contributed by atoms with Gasteiger partial charge in [0.1, 0.15) is 5.75 Å². The number of anilines is 4. The zero-order valence-electron chi connectivity index (χ0n) is 18.1. The Morgan fingerprint density at radius 3 is 2.42 bits per heavy atom. The van der Waals surface area contributed by atoms with E-state index in [0.29, 0.717) is 34.8 Å². The van der Waals surface area contributed by atoms with Gasteiger partial charge < -0.3 is 26.0 Å². The van der Waals surface area contributed by atoms with E-state index in [-0.39, 0.29) is 5.95 Å². The second-order valence-electron chi connectivity index (χ2n) is 8.33.